The molecular formula is C23H21NO3S. The lowest BCUT2D eigenvalue weighted by Crippen LogP contribution is -2.56. The predicted octanol–water partition coefficient (Wildman–Crippen LogP) is 4.61. The van der Waals surface area contributed by atoms with Gasteiger partial charge in [0.2, 0.25) is 5.91 Å². The van der Waals surface area contributed by atoms with E-state index in [1.54, 1.807) is 36.4 Å². The summed E-state index contributed by atoms with van der Waals surface area (Å²) in [5.74, 6) is -0.872. The van der Waals surface area contributed by atoms with Crippen LogP contribution in [0.25, 0.3) is 10.8 Å². The van der Waals surface area contributed by atoms with Gasteiger partial charge in [-0.3, -0.25) is 4.79 Å². The summed E-state index contributed by atoms with van der Waals surface area (Å²) in [6, 6.07) is 19.8. The van der Waals surface area contributed by atoms with Crippen molar-refractivity contribution in [3.63, 3.8) is 0 Å². The van der Waals surface area contributed by atoms with Crippen LogP contribution >= 0.6 is 0 Å². The van der Waals surface area contributed by atoms with Gasteiger partial charge >= 0.3 is 0 Å². The van der Waals surface area contributed by atoms with Crippen molar-refractivity contribution in [3.05, 3.63) is 90.0 Å². The highest BCUT2D eigenvalue weighted by molar-refractivity contribution is 7.89. The first-order valence-electron chi connectivity index (χ1n) is 9.20. The van der Waals surface area contributed by atoms with Crippen LogP contribution in [0.15, 0.2) is 83.8 Å². The van der Waals surface area contributed by atoms with E-state index in [0.29, 0.717) is 0 Å². The highest BCUT2D eigenvalue weighted by Gasteiger charge is 2.53. The molecule has 1 aliphatic heterocycles. The molecule has 0 unspecified atom stereocenters. The van der Waals surface area contributed by atoms with Crippen molar-refractivity contribution in [2.45, 2.75) is 24.8 Å². The fourth-order valence-electron chi connectivity index (χ4n) is 3.70. The van der Waals surface area contributed by atoms with E-state index in [2.05, 4.69) is 0 Å². The molecule has 1 aliphatic rings. The van der Waals surface area contributed by atoms with Crippen molar-refractivity contribution in [2.24, 2.45) is 5.92 Å². The monoisotopic (exact) mass is 391 g/mol. The van der Waals surface area contributed by atoms with Crippen LogP contribution in [-0.4, -0.2) is 18.6 Å². The highest BCUT2D eigenvalue weighted by Crippen LogP contribution is 2.45. The molecule has 142 valence electrons. The summed E-state index contributed by atoms with van der Waals surface area (Å²) in [7, 11) is -3.92. The molecule has 1 saturated heterocycles. The van der Waals surface area contributed by atoms with Gasteiger partial charge in [0, 0.05) is 0 Å². The first-order valence-corrected chi connectivity index (χ1v) is 10.6. The van der Waals surface area contributed by atoms with Crippen LogP contribution in [0, 0.1) is 12.8 Å². The van der Waals surface area contributed by atoms with E-state index in [4.69, 9.17) is 0 Å². The van der Waals surface area contributed by atoms with E-state index in [9.17, 15) is 13.2 Å². The van der Waals surface area contributed by atoms with Crippen LogP contribution in [-0.2, 0) is 14.8 Å². The molecule has 0 saturated carbocycles. The lowest BCUT2D eigenvalue weighted by atomic mass is 9.84. The number of carbonyl (C=O) groups is 1. The first kappa shape index (κ1) is 18.4. The number of rotatable bonds is 4. The van der Waals surface area contributed by atoms with Crippen molar-refractivity contribution in [2.75, 3.05) is 0 Å². The lowest BCUT2D eigenvalue weighted by molar-refractivity contribution is -0.143. The highest BCUT2D eigenvalue weighted by atomic mass is 32.2. The van der Waals surface area contributed by atoms with Crippen molar-refractivity contribution in [3.8, 4) is 0 Å². The van der Waals surface area contributed by atoms with E-state index >= 15 is 0 Å². The van der Waals surface area contributed by atoms with Gasteiger partial charge in [0.1, 0.15) is 0 Å². The summed E-state index contributed by atoms with van der Waals surface area (Å²) in [6.07, 6.45) is 3.58. The SMILES string of the molecule is C/C=C/[C@@H]1C(=O)N(S(=O)(=O)c2ccc(C)cc2)[C@H]1c1ccc2ccccc2c1. The van der Waals surface area contributed by atoms with Gasteiger partial charge in [-0.1, -0.05) is 66.2 Å². The number of allylic oxidation sites excluding steroid dienone is 1. The molecule has 0 aromatic heterocycles. The number of β-lactam (4-membered cyclic amide) rings is 1. The maximum Gasteiger partial charge on any atom is 0.267 e. The Balaban J connectivity index is 1.81. The lowest BCUT2D eigenvalue weighted by Gasteiger charge is -2.45. The molecule has 2 atom stereocenters. The van der Waals surface area contributed by atoms with Crippen LogP contribution < -0.4 is 0 Å². The van der Waals surface area contributed by atoms with Crippen LogP contribution in [0.4, 0.5) is 0 Å². The fraction of sp³-hybridized carbons (Fsp3) is 0.174. The second kappa shape index (κ2) is 6.91. The Morgan fingerprint density at radius 1 is 0.929 bits per heavy atom. The Labute approximate surface area is 165 Å². The Morgan fingerprint density at radius 3 is 2.29 bits per heavy atom. The van der Waals surface area contributed by atoms with E-state index in [0.717, 1.165) is 26.2 Å². The number of nitrogens with zero attached hydrogens (tertiary/aromatic N) is 1. The number of aryl methyl sites for hydroxylation is 1. The average molecular weight is 391 g/mol. The molecule has 0 bridgehead atoms. The molecule has 0 N–H and O–H groups in total. The normalized spacial score (nSPS) is 19.9. The zero-order chi connectivity index (χ0) is 19.9. The third-order valence-electron chi connectivity index (χ3n) is 5.19. The molecule has 28 heavy (non-hydrogen) atoms. The minimum atomic E-state index is -3.92. The van der Waals surface area contributed by atoms with Gasteiger partial charge in [-0.05, 0) is 48.4 Å². The minimum Gasteiger partial charge on any atom is -0.273 e. The molecule has 5 heteroatoms. The summed E-state index contributed by atoms with van der Waals surface area (Å²) < 4.78 is 27.5. The number of hydrogen-bond acceptors (Lipinski definition) is 3. The van der Waals surface area contributed by atoms with Gasteiger partial charge in [0.25, 0.3) is 10.0 Å². The molecule has 0 spiro atoms. The fourth-order valence-corrected chi connectivity index (χ4v) is 5.32. The van der Waals surface area contributed by atoms with Gasteiger partial charge in [-0.15, -0.1) is 0 Å². The van der Waals surface area contributed by atoms with Gasteiger partial charge in [0.05, 0.1) is 16.9 Å². The standard InChI is InChI=1S/C23H21NO3S/c1-3-6-21-22(19-12-11-17-7-4-5-8-18(17)15-19)24(23(21)25)28(26,27)20-13-9-16(2)10-14-20/h3-15,21-22H,1-2H3/b6-3+/t21-,22-/m0/s1. The first-order chi connectivity index (χ1) is 13.4. The molecule has 0 aliphatic carbocycles. The van der Waals surface area contributed by atoms with Gasteiger partial charge in [-0.25, -0.2) is 12.7 Å². The van der Waals surface area contributed by atoms with Gasteiger partial charge < -0.3 is 0 Å². The summed E-state index contributed by atoms with van der Waals surface area (Å²) in [6.45, 7) is 3.73. The maximum absolute atomic E-state index is 13.2. The molecule has 4 nitrogen and oxygen atoms in total. The molecule has 4 rings (SSSR count). The summed E-state index contributed by atoms with van der Waals surface area (Å²) in [5, 5.41) is 2.10. The molecule has 1 fully saturated rings. The maximum atomic E-state index is 13.2. The number of sulfonamides is 1. The van der Waals surface area contributed by atoms with Crippen molar-refractivity contribution < 1.29 is 13.2 Å². The van der Waals surface area contributed by atoms with Crippen molar-refractivity contribution >= 4 is 26.7 Å². The number of hydrogen-bond donors (Lipinski definition) is 0. The Bertz CT molecular complexity index is 1180. The molecule has 1 heterocycles. The quantitative estimate of drug-likeness (QED) is 0.482. The van der Waals surface area contributed by atoms with E-state index in [-0.39, 0.29) is 4.90 Å². The number of fused-ring (bicyclic) bond motifs is 1. The third-order valence-corrected chi connectivity index (χ3v) is 6.98. The Morgan fingerprint density at radius 2 is 1.61 bits per heavy atom. The Kier molecular flexibility index (Phi) is 4.55. The van der Waals surface area contributed by atoms with Gasteiger partial charge in [-0.2, -0.15) is 0 Å². The number of carbonyl (C=O) groups excluding carboxylic acids is 1. The van der Waals surface area contributed by atoms with Crippen molar-refractivity contribution in [1.82, 2.24) is 4.31 Å². The summed E-state index contributed by atoms with van der Waals surface area (Å²) in [4.78, 5) is 12.9. The Hall–Kier alpha value is -2.92. The smallest absolute Gasteiger partial charge is 0.267 e. The molecule has 1 amide bonds. The number of amides is 1. The van der Waals surface area contributed by atoms with E-state index < -0.39 is 27.9 Å². The second-order valence-electron chi connectivity index (χ2n) is 7.06. The van der Waals surface area contributed by atoms with E-state index in [1.165, 1.54) is 0 Å². The van der Waals surface area contributed by atoms with E-state index in [1.807, 2.05) is 56.3 Å². The minimum absolute atomic E-state index is 0.135. The van der Waals surface area contributed by atoms with Crippen LogP contribution in [0.2, 0.25) is 0 Å². The molecule has 3 aromatic rings. The third kappa shape index (κ3) is 2.92. The van der Waals surface area contributed by atoms with Crippen LogP contribution in [0.3, 0.4) is 0 Å². The average Bonchev–Trinajstić information content (AvgIpc) is 2.69. The zero-order valence-corrected chi connectivity index (χ0v) is 16.6. The largest absolute Gasteiger partial charge is 0.273 e. The summed E-state index contributed by atoms with van der Waals surface area (Å²) in [5.41, 5.74) is 1.78. The van der Waals surface area contributed by atoms with Crippen LogP contribution in [0.1, 0.15) is 24.1 Å². The van der Waals surface area contributed by atoms with Crippen molar-refractivity contribution in [1.29, 1.82) is 0 Å². The molecule has 3 aromatic carbocycles. The van der Waals surface area contributed by atoms with Crippen LogP contribution in [0.5, 0.6) is 0 Å². The second-order valence-corrected chi connectivity index (χ2v) is 8.87. The molecular weight excluding hydrogens is 370 g/mol. The zero-order valence-electron chi connectivity index (χ0n) is 15.7. The summed E-state index contributed by atoms with van der Waals surface area (Å²) >= 11 is 0. The molecule has 0 radical (unpaired) electrons. The number of benzene rings is 3. The topological polar surface area (TPSA) is 54.5 Å². The predicted molar refractivity (Wildman–Crippen MR) is 110 cm³/mol. The van der Waals surface area contributed by atoms with Gasteiger partial charge in [0.15, 0.2) is 0 Å².